The van der Waals surface area contributed by atoms with Crippen LogP contribution in [0.2, 0.25) is 0 Å². The van der Waals surface area contributed by atoms with Gasteiger partial charge in [0.25, 0.3) is 0 Å². The fourth-order valence-electron chi connectivity index (χ4n) is 1.81. The molecule has 2 rings (SSSR count). The van der Waals surface area contributed by atoms with Gasteiger partial charge in [0.15, 0.2) is 0 Å². The van der Waals surface area contributed by atoms with E-state index in [1.807, 2.05) is 17.0 Å². The maximum Gasteiger partial charge on any atom is 0.224 e. The Morgan fingerprint density at radius 3 is 3.12 bits per heavy atom. The number of likely N-dealkylation sites (tertiary alicyclic amines) is 1. The van der Waals surface area contributed by atoms with E-state index >= 15 is 0 Å². The van der Waals surface area contributed by atoms with Gasteiger partial charge in [-0.3, -0.25) is 4.79 Å². The second kappa shape index (κ2) is 4.82. The van der Waals surface area contributed by atoms with Gasteiger partial charge < -0.3 is 9.64 Å². The Morgan fingerprint density at radius 2 is 2.50 bits per heavy atom. The summed E-state index contributed by atoms with van der Waals surface area (Å²) in [6.07, 6.45) is 2.25. The number of amides is 1. The molecule has 4 nitrogen and oxygen atoms in total. The van der Waals surface area contributed by atoms with Gasteiger partial charge in [0.05, 0.1) is 13.7 Å². The molecule has 0 N–H and O–H groups in total. The normalized spacial score (nSPS) is 20.2. The molecule has 5 heteroatoms. The predicted molar refractivity (Wildman–Crippen MR) is 63.5 cm³/mol. The van der Waals surface area contributed by atoms with Crippen molar-refractivity contribution in [2.75, 3.05) is 13.7 Å². The first-order valence-electron chi connectivity index (χ1n) is 5.10. The minimum absolute atomic E-state index is 0.174. The van der Waals surface area contributed by atoms with E-state index in [2.05, 4.69) is 20.9 Å². The van der Waals surface area contributed by atoms with Crippen LogP contribution < -0.4 is 4.74 Å². The molecule has 1 aromatic heterocycles. The van der Waals surface area contributed by atoms with Crippen molar-refractivity contribution in [3.8, 4) is 5.88 Å². The van der Waals surface area contributed by atoms with E-state index in [-0.39, 0.29) is 10.7 Å². The lowest BCUT2D eigenvalue weighted by molar-refractivity contribution is -0.128. The number of nitrogens with zero attached hydrogens (tertiary/aromatic N) is 2. The second-order valence-corrected chi connectivity index (χ2v) is 5.04. The van der Waals surface area contributed by atoms with Gasteiger partial charge in [-0.05, 0) is 6.07 Å². The zero-order valence-electron chi connectivity index (χ0n) is 9.02. The van der Waals surface area contributed by atoms with Gasteiger partial charge >= 0.3 is 0 Å². The lowest BCUT2D eigenvalue weighted by Crippen LogP contribution is -2.25. The van der Waals surface area contributed by atoms with Crippen molar-refractivity contribution in [1.29, 1.82) is 0 Å². The maximum absolute atomic E-state index is 11.6. The van der Waals surface area contributed by atoms with Crippen LogP contribution in [0.3, 0.4) is 0 Å². The Morgan fingerprint density at radius 1 is 1.69 bits per heavy atom. The summed E-state index contributed by atoms with van der Waals surface area (Å²) in [5.41, 5.74) is 0.944. The van der Waals surface area contributed by atoms with Crippen molar-refractivity contribution in [3.63, 3.8) is 0 Å². The topological polar surface area (TPSA) is 42.4 Å². The van der Waals surface area contributed by atoms with Crippen molar-refractivity contribution in [2.45, 2.75) is 17.8 Å². The molecule has 16 heavy (non-hydrogen) atoms. The number of halogens is 1. The molecule has 0 radical (unpaired) electrons. The van der Waals surface area contributed by atoms with Crippen molar-refractivity contribution in [2.24, 2.45) is 0 Å². The van der Waals surface area contributed by atoms with E-state index in [4.69, 9.17) is 4.74 Å². The summed E-state index contributed by atoms with van der Waals surface area (Å²) in [7, 11) is 1.59. The van der Waals surface area contributed by atoms with Crippen LogP contribution in [-0.2, 0) is 11.3 Å². The van der Waals surface area contributed by atoms with E-state index in [1.165, 1.54) is 0 Å². The number of alkyl halides is 1. The van der Waals surface area contributed by atoms with Gasteiger partial charge in [-0.1, -0.05) is 22.0 Å². The molecule has 86 valence electrons. The average molecular weight is 285 g/mol. The van der Waals surface area contributed by atoms with Crippen LogP contribution in [0.1, 0.15) is 12.0 Å². The van der Waals surface area contributed by atoms with Crippen LogP contribution in [0, 0.1) is 0 Å². The molecule has 0 saturated carbocycles. The van der Waals surface area contributed by atoms with E-state index in [1.54, 1.807) is 13.3 Å². The minimum atomic E-state index is 0.174. The summed E-state index contributed by atoms with van der Waals surface area (Å²) >= 11 is 3.46. The highest BCUT2D eigenvalue weighted by atomic mass is 79.9. The number of methoxy groups -OCH3 is 1. The van der Waals surface area contributed by atoms with Crippen molar-refractivity contribution in [1.82, 2.24) is 9.88 Å². The zero-order valence-corrected chi connectivity index (χ0v) is 10.6. The number of hydrogen-bond acceptors (Lipinski definition) is 3. The molecule has 0 aromatic carbocycles. The summed E-state index contributed by atoms with van der Waals surface area (Å²) in [6.45, 7) is 1.31. The van der Waals surface area contributed by atoms with Gasteiger partial charge in [0.1, 0.15) is 0 Å². The summed E-state index contributed by atoms with van der Waals surface area (Å²) in [5.74, 6) is 0.765. The first-order valence-corrected chi connectivity index (χ1v) is 6.02. The van der Waals surface area contributed by atoms with E-state index in [9.17, 15) is 4.79 Å². The summed E-state index contributed by atoms with van der Waals surface area (Å²) in [5, 5.41) is 0. The summed E-state index contributed by atoms with van der Waals surface area (Å²) in [6, 6.07) is 3.78. The van der Waals surface area contributed by atoms with Crippen LogP contribution in [-0.4, -0.2) is 34.3 Å². The van der Waals surface area contributed by atoms with E-state index < -0.39 is 0 Å². The monoisotopic (exact) mass is 284 g/mol. The maximum atomic E-state index is 11.6. The van der Waals surface area contributed by atoms with Gasteiger partial charge in [0, 0.05) is 29.6 Å². The molecule has 1 amide bonds. The molecule has 1 unspecified atom stereocenters. The Balaban J connectivity index is 2.12. The number of aromatic nitrogens is 1. The van der Waals surface area contributed by atoms with Crippen LogP contribution in [0.25, 0.3) is 0 Å². The standard InChI is InChI=1S/C11H13BrN2O2/c1-16-11-8(3-2-4-13-11)6-14-7-9(12)5-10(14)15/h2-4,9H,5-7H2,1H3. The first kappa shape index (κ1) is 11.4. The smallest absolute Gasteiger partial charge is 0.224 e. The molecule has 1 aliphatic heterocycles. The van der Waals surface area contributed by atoms with Crippen molar-refractivity contribution in [3.05, 3.63) is 23.9 Å². The van der Waals surface area contributed by atoms with E-state index in [0.29, 0.717) is 18.8 Å². The molecule has 1 fully saturated rings. The Kier molecular flexibility index (Phi) is 3.43. The molecule has 1 saturated heterocycles. The van der Waals surface area contributed by atoms with Gasteiger partial charge in [-0.25, -0.2) is 4.98 Å². The number of pyridine rings is 1. The third kappa shape index (κ3) is 2.35. The molecule has 1 atom stereocenters. The van der Waals surface area contributed by atoms with Gasteiger partial charge in [0.2, 0.25) is 11.8 Å². The first-order chi connectivity index (χ1) is 7.70. The molecule has 0 aliphatic carbocycles. The molecular formula is C11H13BrN2O2. The zero-order chi connectivity index (χ0) is 11.5. The average Bonchev–Trinajstić information content (AvgIpc) is 2.58. The van der Waals surface area contributed by atoms with E-state index in [0.717, 1.165) is 12.1 Å². The number of ether oxygens (including phenoxy) is 1. The van der Waals surface area contributed by atoms with Crippen LogP contribution in [0.4, 0.5) is 0 Å². The highest BCUT2D eigenvalue weighted by Gasteiger charge is 2.28. The highest BCUT2D eigenvalue weighted by molar-refractivity contribution is 9.09. The predicted octanol–water partition coefficient (Wildman–Crippen LogP) is 1.59. The second-order valence-electron chi connectivity index (χ2n) is 3.75. The highest BCUT2D eigenvalue weighted by Crippen LogP contribution is 2.23. The largest absolute Gasteiger partial charge is 0.481 e. The number of carbonyl (C=O) groups excluding carboxylic acids is 1. The quantitative estimate of drug-likeness (QED) is 0.792. The van der Waals surface area contributed by atoms with Crippen LogP contribution in [0.15, 0.2) is 18.3 Å². The fraction of sp³-hybridized carbons (Fsp3) is 0.455. The van der Waals surface area contributed by atoms with Crippen molar-refractivity contribution < 1.29 is 9.53 Å². The third-order valence-corrected chi connectivity index (χ3v) is 3.19. The Bertz CT molecular complexity index is 397. The van der Waals surface area contributed by atoms with Crippen molar-refractivity contribution >= 4 is 21.8 Å². The molecular weight excluding hydrogens is 272 g/mol. The lowest BCUT2D eigenvalue weighted by atomic mass is 10.2. The fourth-order valence-corrected chi connectivity index (χ4v) is 2.44. The Hall–Kier alpha value is -1.10. The Labute approximate surface area is 103 Å². The molecule has 1 aromatic rings. The lowest BCUT2D eigenvalue weighted by Gasteiger charge is -2.16. The molecule has 2 heterocycles. The minimum Gasteiger partial charge on any atom is -0.481 e. The third-order valence-electron chi connectivity index (χ3n) is 2.57. The van der Waals surface area contributed by atoms with Crippen LogP contribution in [0.5, 0.6) is 5.88 Å². The number of hydrogen-bond donors (Lipinski definition) is 0. The molecule has 1 aliphatic rings. The molecule has 0 bridgehead atoms. The van der Waals surface area contributed by atoms with Crippen LogP contribution >= 0.6 is 15.9 Å². The van der Waals surface area contributed by atoms with Gasteiger partial charge in [-0.2, -0.15) is 0 Å². The summed E-state index contributed by atoms with van der Waals surface area (Å²) in [4.78, 5) is 17.8. The van der Waals surface area contributed by atoms with Gasteiger partial charge in [-0.15, -0.1) is 0 Å². The number of carbonyl (C=O) groups is 1. The number of rotatable bonds is 3. The molecule has 0 spiro atoms. The SMILES string of the molecule is COc1ncccc1CN1CC(Br)CC1=O. The summed E-state index contributed by atoms with van der Waals surface area (Å²) < 4.78 is 5.16.